The summed E-state index contributed by atoms with van der Waals surface area (Å²) in [5, 5.41) is 2.62. The van der Waals surface area contributed by atoms with Gasteiger partial charge in [0.2, 0.25) is 5.91 Å². The van der Waals surface area contributed by atoms with E-state index in [2.05, 4.69) is 10.1 Å². The third-order valence-electron chi connectivity index (χ3n) is 3.69. The molecule has 150 valence electrons. The molecule has 1 aliphatic heterocycles. The van der Waals surface area contributed by atoms with E-state index in [1.165, 1.54) is 29.2 Å². The molecule has 1 saturated heterocycles. The van der Waals surface area contributed by atoms with Crippen LogP contribution in [0.3, 0.4) is 0 Å². The Balaban J connectivity index is 2.00. The van der Waals surface area contributed by atoms with Crippen molar-refractivity contribution in [2.75, 3.05) is 18.5 Å². The van der Waals surface area contributed by atoms with Crippen LogP contribution in [0.2, 0.25) is 0 Å². The van der Waals surface area contributed by atoms with E-state index in [1.54, 1.807) is 20.8 Å². The summed E-state index contributed by atoms with van der Waals surface area (Å²) >= 11 is 0. The van der Waals surface area contributed by atoms with E-state index in [0.717, 1.165) is 0 Å². The molecule has 1 aliphatic rings. The molecule has 0 bridgehead atoms. The van der Waals surface area contributed by atoms with Gasteiger partial charge in [-0.3, -0.25) is 9.69 Å². The van der Waals surface area contributed by atoms with Crippen LogP contribution in [0.1, 0.15) is 33.6 Å². The summed E-state index contributed by atoms with van der Waals surface area (Å²) in [5.74, 6) is -0.438. The summed E-state index contributed by atoms with van der Waals surface area (Å²) in [6.07, 6.45) is -3.87. The molecule has 0 saturated carbocycles. The number of nitrogens with zero attached hydrogens (tertiary/aromatic N) is 1. The van der Waals surface area contributed by atoms with Gasteiger partial charge in [0.1, 0.15) is 17.4 Å². The lowest BCUT2D eigenvalue weighted by atomic mass is 10.2. The lowest BCUT2D eigenvalue weighted by molar-refractivity contribution is -0.153. The van der Waals surface area contributed by atoms with Gasteiger partial charge in [-0.05, 0) is 45.7 Å². The van der Waals surface area contributed by atoms with Gasteiger partial charge < -0.3 is 14.8 Å². The highest BCUT2D eigenvalue weighted by Gasteiger charge is 2.36. The van der Waals surface area contributed by atoms with Crippen molar-refractivity contribution in [2.24, 2.45) is 0 Å². The molecule has 1 aromatic carbocycles. The highest BCUT2D eigenvalue weighted by atomic mass is 19.4. The Hall–Kier alpha value is -2.45. The molecular weight excluding hydrogens is 365 g/mol. The highest BCUT2D eigenvalue weighted by molar-refractivity contribution is 5.97. The van der Waals surface area contributed by atoms with E-state index in [4.69, 9.17) is 4.74 Å². The van der Waals surface area contributed by atoms with E-state index < -0.39 is 36.4 Å². The summed E-state index contributed by atoms with van der Waals surface area (Å²) in [5.41, 5.74) is -0.388. The first-order valence-electron chi connectivity index (χ1n) is 8.55. The second-order valence-corrected chi connectivity index (χ2v) is 7.25. The predicted octanol–water partition coefficient (Wildman–Crippen LogP) is 3.97. The van der Waals surface area contributed by atoms with Crippen molar-refractivity contribution >= 4 is 17.7 Å². The number of hydrogen-bond acceptors (Lipinski definition) is 4. The summed E-state index contributed by atoms with van der Waals surface area (Å²) in [4.78, 5) is 26.2. The average molecular weight is 388 g/mol. The van der Waals surface area contributed by atoms with Crippen molar-refractivity contribution in [3.05, 3.63) is 24.3 Å². The summed E-state index contributed by atoms with van der Waals surface area (Å²) in [6.45, 7) is 4.20. The number of anilines is 1. The molecule has 1 atom stereocenters. The van der Waals surface area contributed by atoms with Crippen molar-refractivity contribution in [3.8, 4) is 5.75 Å². The fourth-order valence-corrected chi connectivity index (χ4v) is 2.63. The number of rotatable bonds is 4. The molecule has 1 heterocycles. The molecule has 9 heteroatoms. The topological polar surface area (TPSA) is 67.9 Å². The number of amides is 2. The van der Waals surface area contributed by atoms with Crippen LogP contribution in [0, 0.1) is 0 Å². The minimum Gasteiger partial charge on any atom is -0.484 e. The molecule has 1 fully saturated rings. The second-order valence-electron chi connectivity index (χ2n) is 7.25. The Morgan fingerprint density at radius 3 is 2.59 bits per heavy atom. The van der Waals surface area contributed by atoms with Crippen molar-refractivity contribution < 1.29 is 32.2 Å². The first-order chi connectivity index (χ1) is 12.4. The van der Waals surface area contributed by atoms with Crippen molar-refractivity contribution in [2.45, 2.75) is 51.4 Å². The first kappa shape index (κ1) is 20.9. The van der Waals surface area contributed by atoms with Gasteiger partial charge in [-0.15, -0.1) is 0 Å². The Morgan fingerprint density at radius 2 is 1.96 bits per heavy atom. The summed E-state index contributed by atoms with van der Waals surface area (Å²) < 4.78 is 46.7. The number of nitrogens with one attached hydrogen (secondary N) is 1. The molecule has 0 aromatic heterocycles. The number of hydrogen-bond donors (Lipinski definition) is 1. The molecule has 6 nitrogen and oxygen atoms in total. The number of likely N-dealkylation sites (tertiary alicyclic amines) is 1. The fourth-order valence-electron chi connectivity index (χ4n) is 2.63. The number of ether oxygens (including phenoxy) is 2. The Bertz CT molecular complexity index is 686. The number of carbonyl (C=O) groups excluding carboxylic acids is 2. The molecule has 0 radical (unpaired) electrons. The lowest BCUT2D eigenvalue weighted by Crippen LogP contribution is -2.45. The smallest absolute Gasteiger partial charge is 0.422 e. The predicted molar refractivity (Wildman–Crippen MR) is 92.6 cm³/mol. The van der Waals surface area contributed by atoms with Gasteiger partial charge in [0, 0.05) is 18.3 Å². The monoisotopic (exact) mass is 388 g/mol. The molecule has 1 aromatic rings. The second kappa shape index (κ2) is 8.06. The van der Waals surface area contributed by atoms with Crippen LogP contribution >= 0.6 is 0 Å². The molecule has 0 aliphatic carbocycles. The van der Waals surface area contributed by atoms with Crippen LogP contribution in [0.25, 0.3) is 0 Å². The maximum absolute atomic E-state index is 12.5. The van der Waals surface area contributed by atoms with E-state index in [1.807, 2.05) is 0 Å². The van der Waals surface area contributed by atoms with Crippen LogP contribution in [0.5, 0.6) is 5.75 Å². The lowest BCUT2D eigenvalue weighted by Gasteiger charge is -2.28. The summed E-state index contributed by atoms with van der Waals surface area (Å²) in [6, 6.07) is 4.98. The third-order valence-corrected chi connectivity index (χ3v) is 3.69. The molecule has 2 rings (SSSR count). The molecular formula is C18H23F3N2O4. The molecule has 0 spiro atoms. The molecule has 1 N–H and O–H groups in total. The quantitative estimate of drug-likeness (QED) is 0.848. The summed E-state index contributed by atoms with van der Waals surface area (Å²) in [7, 11) is 0. The largest absolute Gasteiger partial charge is 0.484 e. The minimum atomic E-state index is -4.45. The SMILES string of the molecule is CC(C)(C)OC(=O)N1CCC[C@H]1C(=O)Nc1cccc(OCC(F)(F)F)c1. The number of carbonyl (C=O) groups is 2. The highest BCUT2D eigenvalue weighted by Crippen LogP contribution is 2.24. The van der Waals surface area contributed by atoms with Crippen LogP contribution in [0.4, 0.5) is 23.7 Å². The first-order valence-corrected chi connectivity index (χ1v) is 8.55. The van der Waals surface area contributed by atoms with Gasteiger partial charge in [0.25, 0.3) is 0 Å². The van der Waals surface area contributed by atoms with Gasteiger partial charge in [0.05, 0.1) is 0 Å². The van der Waals surface area contributed by atoms with Crippen molar-refractivity contribution in [3.63, 3.8) is 0 Å². The Labute approximate surface area is 155 Å². The zero-order valence-electron chi connectivity index (χ0n) is 15.4. The van der Waals surface area contributed by atoms with Crippen molar-refractivity contribution in [1.82, 2.24) is 4.90 Å². The van der Waals surface area contributed by atoms with E-state index in [0.29, 0.717) is 19.4 Å². The standard InChI is InChI=1S/C18H23F3N2O4/c1-17(2,3)27-16(25)23-9-5-8-14(23)15(24)22-12-6-4-7-13(10-12)26-11-18(19,20)21/h4,6-7,10,14H,5,8-9,11H2,1-3H3,(H,22,24)/t14-/m0/s1. The Morgan fingerprint density at radius 1 is 1.26 bits per heavy atom. The Kier molecular flexibility index (Phi) is 6.22. The maximum atomic E-state index is 12.5. The third kappa shape index (κ3) is 6.65. The molecule has 27 heavy (non-hydrogen) atoms. The van der Waals surface area contributed by atoms with Crippen molar-refractivity contribution in [1.29, 1.82) is 0 Å². The van der Waals surface area contributed by atoms with Gasteiger partial charge in [-0.2, -0.15) is 13.2 Å². The van der Waals surface area contributed by atoms with Crippen LogP contribution in [-0.2, 0) is 9.53 Å². The molecule has 2 amide bonds. The number of benzene rings is 1. The van der Waals surface area contributed by atoms with E-state index in [-0.39, 0.29) is 11.4 Å². The van der Waals surface area contributed by atoms with Crippen LogP contribution in [0.15, 0.2) is 24.3 Å². The van der Waals surface area contributed by atoms with E-state index >= 15 is 0 Å². The van der Waals surface area contributed by atoms with E-state index in [9.17, 15) is 22.8 Å². The van der Waals surface area contributed by atoms with Crippen LogP contribution < -0.4 is 10.1 Å². The fraction of sp³-hybridized carbons (Fsp3) is 0.556. The normalized spacial score (nSPS) is 17.6. The van der Waals surface area contributed by atoms with Gasteiger partial charge in [-0.1, -0.05) is 6.07 Å². The number of halogens is 3. The number of alkyl halides is 3. The van der Waals surface area contributed by atoms with Gasteiger partial charge in [-0.25, -0.2) is 4.79 Å². The van der Waals surface area contributed by atoms with Gasteiger partial charge in [0.15, 0.2) is 6.61 Å². The average Bonchev–Trinajstić information content (AvgIpc) is 3.01. The maximum Gasteiger partial charge on any atom is 0.422 e. The zero-order valence-corrected chi connectivity index (χ0v) is 15.4. The minimum absolute atomic E-state index is 0.0134. The van der Waals surface area contributed by atoms with Gasteiger partial charge >= 0.3 is 12.3 Å². The van der Waals surface area contributed by atoms with Crippen LogP contribution in [-0.4, -0.2) is 47.9 Å². The molecule has 0 unspecified atom stereocenters. The zero-order chi connectivity index (χ0) is 20.2.